The topological polar surface area (TPSA) is 91.3 Å². The van der Waals surface area contributed by atoms with Crippen LogP contribution in [0.3, 0.4) is 0 Å². The molecule has 1 aromatic rings. The monoisotopic (exact) mass is 460 g/mol. The van der Waals surface area contributed by atoms with Crippen molar-refractivity contribution >= 4 is 11.9 Å². The molecule has 1 saturated carbocycles. The fraction of sp³-hybridized carbons (Fsp3) is 0.615. The van der Waals surface area contributed by atoms with Crippen LogP contribution in [0.25, 0.3) is 0 Å². The van der Waals surface area contributed by atoms with E-state index in [0.717, 1.165) is 11.3 Å². The Kier molecular flexibility index (Phi) is 8.54. The number of fused-ring (bicyclic) bond motifs is 1. The van der Waals surface area contributed by atoms with Gasteiger partial charge in [-0.15, -0.1) is 0 Å². The van der Waals surface area contributed by atoms with Crippen LogP contribution in [0.5, 0.6) is 5.75 Å². The maximum Gasteiger partial charge on any atom is 0.306 e. The van der Waals surface area contributed by atoms with Gasteiger partial charge in [-0.25, -0.2) is 0 Å². The lowest BCUT2D eigenvalue weighted by Crippen LogP contribution is -2.24. The van der Waals surface area contributed by atoms with Crippen LogP contribution in [0.2, 0.25) is 0 Å². The molecular weight excluding hydrogens is 424 g/mol. The molecule has 5 atom stereocenters. The molecule has 1 aromatic carbocycles. The molecule has 33 heavy (non-hydrogen) atoms. The summed E-state index contributed by atoms with van der Waals surface area (Å²) in [4.78, 5) is 23.6. The summed E-state index contributed by atoms with van der Waals surface area (Å²) >= 11 is 0. The Labute approximate surface area is 196 Å². The molecule has 1 aliphatic heterocycles. The Morgan fingerprint density at radius 2 is 2.00 bits per heavy atom. The van der Waals surface area contributed by atoms with Crippen LogP contribution >= 0.6 is 0 Å². The quantitative estimate of drug-likeness (QED) is 0.417. The van der Waals surface area contributed by atoms with Gasteiger partial charge in [0.05, 0.1) is 32.3 Å². The number of hydrogen-bond donors (Lipinski definition) is 1. The van der Waals surface area contributed by atoms with E-state index in [9.17, 15) is 14.7 Å². The van der Waals surface area contributed by atoms with Crippen LogP contribution in [0.15, 0.2) is 36.4 Å². The smallest absolute Gasteiger partial charge is 0.306 e. The summed E-state index contributed by atoms with van der Waals surface area (Å²) in [6.45, 7) is 5.96. The van der Waals surface area contributed by atoms with Gasteiger partial charge in [0, 0.05) is 24.7 Å². The Bertz CT molecular complexity index is 824. The standard InChI is InChI=1S/C26H36O7/c1-26(2,3)33-24(28)7-5-6-18(27)10-13-20-21-14-25(29)32-23(21)15-22(20)31-16-17-8-11-19(30-4)12-9-17/h8-13,18,20-23,27H,5-7,14-16H2,1-4H3/b13-10+/t18-,20-,21+,22+,23-/m0/s1. The van der Waals surface area contributed by atoms with Crippen molar-refractivity contribution in [3.63, 3.8) is 0 Å². The lowest BCUT2D eigenvalue weighted by Gasteiger charge is -2.21. The van der Waals surface area contributed by atoms with Crippen molar-refractivity contribution in [2.24, 2.45) is 11.8 Å². The molecule has 2 aliphatic rings. The first-order valence-corrected chi connectivity index (χ1v) is 11.7. The molecule has 0 aromatic heterocycles. The number of benzene rings is 1. The molecule has 7 heteroatoms. The second-order valence-electron chi connectivity index (χ2n) is 9.84. The zero-order valence-electron chi connectivity index (χ0n) is 20.0. The highest BCUT2D eigenvalue weighted by molar-refractivity contribution is 5.72. The SMILES string of the molecule is COc1ccc(CO[C@@H]2C[C@@H]3OC(=O)C[C@@H]3[C@@H]2/C=C/[C@@H](O)CCCC(=O)OC(C)(C)C)cc1. The Hall–Kier alpha value is -2.38. The molecule has 182 valence electrons. The Morgan fingerprint density at radius 1 is 1.27 bits per heavy atom. The summed E-state index contributed by atoms with van der Waals surface area (Å²) in [5.74, 6) is 0.409. The van der Waals surface area contributed by atoms with Crippen molar-refractivity contribution in [3.05, 3.63) is 42.0 Å². The number of methoxy groups -OCH3 is 1. The van der Waals surface area contributed by atoms with Gasteiger partial charge in [0.1, 0.15) is 17.5 Å². The predicted octanol–water partition coefficient (Wildman–Crippen LogP) is 3.96. The summed E-state index contributed by atoms with van der Waals surface area (Å²) in [7, 11) is 1.63. The zero-order valence-corrected chi connectivity index (χ0v) is 20.0. The van der Waals surface area contributed by atoms with Crippen molar-refractivity contribution in [1.29, 1.82) is 0 Å². The van der Waals surface area contributed by atoms with Crippen molar-refractivity contribution in [1.82, 2.24) is 0 Å². The molecule has 0 amide bonds. The van der Waals surface area contributed by atoms with E-state index < -0.39 is 11.7 Å². The van der Waals surface area contributed by atoms with Gasteiger partial charge < -0.3 is 24.1 Å². The van der Waals surface area contributed by atoms with Gasteiger partial charge in [-0.2, -0.15) is 0 Å². The van der Waals surface area contributed by atoms with Gasteiger partial charge in [-0.1, -0.05) is 24.3 Å². The molecule has 1 saturated heterocycles. The van der Waals surface area contributed by atoms with Crippen LogP contribution in [-0.4, -0.2) is 48.1 Å². The number of carbonyl (C=O) groups is 2. The van der Waals surface area contributed by atoms with Gasteiger partial charge in [0.15, 0.2) is 0 Å². The largest absolute Gasteiger partial charge is 0.497 e. The van der Waals surface area contributed by atoms with E-state index in [1.807, 2.05) is 51.1 Å². The molecule has 1 aliphatic carbocycles. The molecule has 2 fully saturated rings. The Morgan fingerprint density at radius 3 is 2.67 bits per heavy atom. The Balaban J connectivity index is 1.53. The zero-order chi connectivity index (χ0) is 24.0. The molecule has 1 heterocycles. The van der Waals surface area contributed by atoms with Gasteiger partial charge in [-0.3, -0.25) is 9.59 Å². The molecule has 0 radical (unpaired) electrons. The van der Waals surface area contributed by atoms with E-state index in [2.05, 4.69) is 0 Å². The summed E-state index contributed by atoms with van der Waals surface area (Å²) < 4.78 is 22.2. The average Bonchev–Trinajstić information content (AvgIpc) is 3.25. The van der Waals surface area contributed by atoms with E-state index in [4.69, 9.17) is 18.9 Å². The third-order valence-electron chi connectivity index (χ3n) is 6.03. The van der Waals surface area contributed by atoms with Crippen LogP contribution < -0.4 is 4.74 Å². The molecule has 3 rings (SSSR count). The third kappa shape index (κ3) is 7.57. The van der Waals surface area contributed by atoms with Crippen LogP contribution in [-0.2, 0) is 30.4 Å². The number of esters is 2. The van der Waals surface area contributed by atoms with Crippen molar-refractivity contribution in [3.8, 4) is 5.75 Å². The first-order valence-electron chi connectivity index (χ1n) is 11.7. The summed E-state index contributed by atoms with van der Waals surface area (Å²) in [5.41, 5.74) is 0.533. The highest BCUT2D eigenvalue weighted by atomic mass is 16.6. The van der Waals surface area contributed by atoms with Crippen LogP contribution in [0.1, 0.15) is 58.4 Å². The fourth-order valence-electron chi connectivity index (χ4n) is 4.47. The fourth-order valence-corrected chi connectivity index (χ4v) is 4.47. The number of rotatable bonds is 10. The number of carbonyl (C=O) groups excluding carboxylic acids is 2. The third-order valence-corrected chi connectivity index (χ3v) is 6.03. The minimum Gasteiger partial charge on any atom is -0.497 e. The van der Waals surface area contributed by atoms with Gasteiger partial charge in [-0.05, 0) is 51.3 Å². The van der Waals surface area contributed by atoms with E-state index in [1.165, 1.54) is 0 Å². The van der Waals surface area contributed by atoms with Crippen molar-refractivity contribution in [2.45, 2.75) is 83.4 Å². The summed E-state index contributed by atoms with van der Waals surface area (Å²) in [5, 5.41) is 10.4. The number of hydrogen-bond acceptors (Lipinski definition) is 7. The van der Waals surface area contributed by atoms with E-state index >= 15 is 0 Å². The van der Waals surface area contributed by atoms with Crippen molar-refractivity contribution in [2.75, 3.05) is 7.11 Å². The summed E-state index contributed by atoms with van der Waals surface area (Å²) in [6.07, 6.45) is 5.10. The number of aliphatic hydroxyl groups excluding tert-OH is 1. The van der Waals surface area contributed by atoms with E-state index in [-0.39, 0.29) is 42.4 Å². The molecule has 7 nitrogen and oxygen atoms in total. The number of aliphatic hydroxyl groups is 1. The minimum absolute atomic E-state index is 0.0137. The van der Waals surface area contributed by atoms with E-state index in [1.54, 1.807) is 13.2 Å². The normalized spacial score (nSPS) is 25.7. The van der Waals surface area contributed by atoms with Gasteiger partial charge in [0.25, 0.3) is 0 Å². The van der Waals surface area contributed by atoms with E-state index in [0.29, 0.717) is 32.3 Å². The van der Waals surface area contributed by atoms with Gasteiger partial charge in [0.2, 0.25) is 0 Å². The first kappa shape index (κ1) is 25.2. The first-order chi connectivity index (χ1) is 15.6. The predicted molar refractivity (Wildman–Crippen MR) is 123 cm³/mol. The molecular formula is C26H36O7. The number of ether oxygens (including phenoxy) is 4. The van der Waals surface area contributed by atoms with Gasteiger partial charge >= 0.3 is 11.9 Å². The lowest BCUT2D eigenvalue weighted by molar-refractivity contribution is -0.155. The molecule has 1 N–H and O–H groups in total. The van der Waals surface area contributed by atoms with Crippen LogP contribution in [0.4, 0.5) is 0 Å². The minimum atomic E-state index is -0.674. The molecule has 0 spiro atoms. The van der Waals surface area contributed by atoms with Crippen LogP contribution in [0, 0.1) is 11.8 Å². The second-order valence-corrected chi connectivity index (χ2v) is 9.84. The molecule has 0 bridgehead atoms. The maximum atomic E-state index is 11.8. The molecule has 0 unspecified atom stereocenters. The summed E-state index contributed by atoms with van der Waals surface area (Å²) in [6, 6.07) is 7.73. The highest BCUT2D eigenvalue weighted by Crippen LogP contribution is 2.43. The second kappa shape index (κ2) is 11.2. The van der Waals surface area contributed by atoms with Crippen molar-refractivity contribution < 1.29 is 33.6 Å². The highest BCUT2D eigenvalue weighted by Gasteiger charge is 2.49. The average molecular weight is 461 g/mol. The maximum absolute atomic E-state index is 11.8. The lowest BCUT2D eigenvalue weighted by atomic mass is 9.91.